The Hall–Kier alpha value is -1.36. The van der Waals surface area contributed by atoms with E-state index in [1.807, 2.05) is 0 Å². The number of aliphatic hydroxyl groups excluding tert-OH is 1. The summed E-state index contributed by atoms with van der Waals surface area (Å²) in [6.45, 7) is 3.90. The Morgan fingerprint density at radius 2 is 2.21 bits per heavy atom. The molecule has 5 nitrogen and oxygen atoms in total. The molecule has 108 valence electrons. The van der Waals surface area contributed by atoms with Crippen molar-refractivity contribution in [1.29, 1.82) is 0 Å². The van der Waals surface area contributed by atoms with Crippen LogP contribution in [0.15, 0.2) is 12.5 Å². The number of aromatic amines is 1. The number of hydrogen-bond donors (Lipinski definition) is 2. The van der Waals surface area contributed by atoms with Gasteiger partial charge in [0.2, 0.25) is 0 Å². The zero-order chi connectivity index (χ0) is 14.3. The molecule has 1 rings (SSSR count). The maximum absolute atomic E-state index is 12.2. The summed E-state index contributed by atoms with van der Waals surface area (Å²) in [6.07, 6.45) is 7.85. The second kappa shape index (κ2) is 7.94. The molecule has 0 bridgehead atoms. The second-order valence-electron chi connectivity index (χ2n) is 5.04. The predicted molar refractivity (Wildman–Crippen MR) is 74.9 cm³/mol. The fraction of sp³-hybridized carbons (Fsp3) is 0.714. The number of carbonyl (C=O) groups is 1. The van der Waals surface area contributed by atoms with Gasteiger partial charge in [0.05, 0.1) is 24.7 Å². The summed E-state index contributed by atoms with van der Waals surface area (Å²) in [5.41, 5.74) is 0.460. The molecule has 5 heteroatoms. The SMILES string of the molecule is CCCCCCC(C(C)O)N(C)C(=O)c1cnc[nH]1. The van der Waals surface area contributed by atoms with Gasteiger partial charge in [0.15, 0.2) is 0 Å². The van der Waals surface area contributed by atoms with Crippen molar-refractivity contribution in [1.82, 2.24) is 14.9 Å². The Labute approximate surface area is 115 Å². The van der Waals surface area contributed by atoms with Crippen molar-refractivity contribution in [3.8, 4) is 0 Å². The standard InChI is InChI=1S/C14H25N3O2/c1-4-5-6-7-8-13(11(2)18)17(3)14(19)12-9-15-10-16-12/h9-11,13,18H,4-8H2,1-3H3,(H,15,16). The van der Waals surface area contributed by atoms with Crippen LogP contribution in [0.3, 0.4) is 0 Å². The van der Waals surface area contributed by atoms with Crippen molar-refractivity contribution >= 4 is 5.91 Å². The molecule has 2 atom stereocenters. The first-order valence-corrected chi connectivity index (χ1v) is 7.01. The number of rotatable bonds is 8. The van der Waals surface area contributed by atoms with Gasteiger partial charge < -0.3 is 15.0 Å². The molecule has 0 spiro atoms. The third kappa shape index (κ3) is 4.67. The van der Waals surface area contributed by atoms with Crippen molar-refractivity contribution in [3.05, 3.63) is 18.2 Å². The second-order valence-corrected chi connectivity index (χ2v) is 5.04. The molecule has 0 aliphatic carbocycles. The minimum Gasteiger partial charge on any atom is -0.391 e. The van der Waals surface area contributed by atoms with Gasteiger partial charge in [-0.05, 0) is 13.3 Å². The van der Waals surface area contributed by atoms with E-state index in [0.29, 0.717) is 5.69 Å². The minimum atomic E-state index is -0.529. The topological polar surface area (TPSA) is 69.2 Å². The van der Waals surface area contributed by atoms with E-state index in [1.54, 1.807) is 18.9 Å². The molecule has 0 aliphatic heterocycles. The van der Waals surface area contributed by atoms with Crippen LogP contribution < -0.4 is 0 Å². The largest absolute Gasteiger partial charge is 0.391 e. The molecule has 2 N–H and O–H groups in total. The Kier molecular flexibility index (Phi) is 6.56. The van der Waals surface area contributed by atoms with Gasteiger partial charge >= 0.3 is 0 Å². The van der Waals surface area contributed by atoms with Crippen LogP contribution in [0.5, 0.6) is 0 Å². The zero-order valence-corrected chi connectivity index (χ0v) is 12.1. The van der Waals surface area contributed by atoms with E-state index < -0.39 is 6.10 Å². The van der Waals surface area contributed by atoms with Crippen LogP contribution >= 0.6 is 0 Å². The number of nitrogens with zero attached hydrogens (tertiary/aromatic N) is 2. The van der Waals surface area contributed by atoms with Gasteiger partial charge in [-0.1, -0.05) is 32.6 Å². The van der Waals surface area contributed by atoms with Crippen LogP contribution in [0.2, 0.25) is 0 Å². The molecule has 0 aromatic carbocycles. The van der Waals surface area contributed by atoms with Crippen LogP contribution in [0, 0.1) is 0 Å². The van der Waals surface area contributed by atoms with Gasteiger partial charge in [-0.2, -0.15) is 0 Å². The van der Waals surface area contributed by atoms with Crippen molar-refractivity contribution in [2.75, 3.05) is 7.05 Å². The summed E-state index contributed by atoms with van der Waals surface area (Å²) in [6, 6.07) is -0.146. The van der Waals surface area contributed by atoms with Crippen LogP contribution in [-0.2, 0) is 0 Å². The lowest BCUT2D eigenvalue weighted by Crippen LogP contribution is -2.43. The van der Waals surface area contributed by atoms with E-state index in [-0.39, 0.29) is 11.9 Å². The highest BCUT2D eigenvalue weighted by molar-refractivity contribution is 5.92. The Morgan fingerprint density at radius 1 is 1.47 bits per heavy atom. The lowest BCUT2D eigenvalue weighted by molar-refractivity contribution is 0.0461. The molecular weight excluding hydrogens is 242 g/mol. The van der Waals surface area contributed by atoms with Crippen LogP contribution in [-0.4, -0.2) is 45.1 Å². The van der Waals surface area contributed by atoms with Crippen molar-refractivity contribution in [2.45, 2.75) is 58.1 Å². The molecule has 1 amide bonds. The minimum absolute atomic E-state index is 0.126. The van der Waals surface area contributed by atoms with E-state index in [4.69, 9.17) is 0 Å². The number of amides is 1. The Bertz CT molecular complexity index is 363. The summed E-state index contributed by atoms with van der Waals surface area (Å²) >= 11 is 0. The highest BCUT2D eigenvalue weighted by atomic mass is 16.3. The first-order chi connectivity index (χ1) is 9.07. The van der Waals surface area contributed by atoms with Gasteiger partial charge in [-0.3, -0.25) is 4.79 Å². The Balaban J connectivity index is 2.57. The van der Waals surface area contributed by atoms with Crippen LogP contribution in [0.4, 0.5) is 0 Å². The predicted octanol–water partition coefficient (Wildman–Crippen LogP) is 2.20. The lowest BCUT2D eigenvalue weighted by atomic mass is 10.0. The highest BCUT2D eigenvalue weighted by Gasteiger charge is 2.25. The number of H-pyrrole nitrogens is 1. The van der Waals surface area contributed by atoms with E-state index in [9.17, 15) is 9.90 Å². The number of nitrogens with one attached hydrogen (secondary N) is 1. The summed E-state index contributed by atoms with van der Waals surface area (Å²) < 4.78 is 0. The molecule has 19 heavy (non-hydrogen) atoms. The average Bonchev–Trinajstić information content (AvgIpc) is 2.90. The normalized spacial score (nSPS) is 14.1. The Morgan fingerprint density at radius 3 is 2.74 bits per heavy atom. The van der Waals surface area contributed by atoms with Gasteiger partial charge in [0.1, 0.15) is 5.69 Å². The highest BCUT2D eigenvalue weighted by Crippen LogP contribution is 2.15. The van der Waals surface area contributed by atoms with Crippen molar-refractivity contribution in [2.24, 2.45) is 0 Å². The zero-order valence-electron chi connectivity index (χ0n) is 12.1. The van der Waals surface area contributed by atoms with Gasteiger partial charge in [0.25, 0.3) is 5.91 Å². The van der Waals surface area contributed by atoms with Gasteiger partial charge in [0, 0.05) is 7.05 Å². The molecule has 0 saturated carbocycles. The first-order valence-electron chi connectivity index (χ1n) is 7.01. The van der Waals surface area contributed by atoms with E-state index in [2.05, 4.69) is 16.9 Å². The number of unbranched alkanes of at least 4 members (excludes halogenated alkanes) is 3. The van der Waals surface area contributed by atoms with Crippen LogP contribution in [0.1, 0.15) is 56.4 Å². The molecule has 1 aromatic rings. The molecule has 2 unspecified atom stereocenters. The molecular formula is C14H25N3O2. The van der Waals surface area contributed by atoms with Crippen molar-refractivity contribution in [3.63, 3.8) is 0 Å². The smallest absolute Gasteiger partial charge is 0.271 e. The first kappa shape index (κ1) is 15.7. The fourth-order valence-electron chi connectivity index (χ4n) is 2.25. The van der Waals surface area contributed by atoms with Gasteiger partial charge in [-0.15, -0.1) is 0 Å². The summed E-state index contributed by atoms with van der Waals surface area (Å²) in [7, 11) is 1.74. The number of imidazole rings is 1. The van der Waals surface area contributed by atoms with Crippen LogP contribution in [0.25, 0.3) is 0 Å². The maximum atomic E-state index is 12.2. The molecule has 0 fully saturated rings. The molecule has 0 radical (unpaired) electrons. The summed E-state index contributed by atoms with van der Waals surface area (Å²) in [4.78, 5) is 20.5. The van der Waals surface area contributed by atoms with E-state index in [0.717, 1.165) is 19.3 Å². The maximum Gasteiger partial charge on any atom is 0.271 e. The van der Waals surface area contributed by atoms with E-state index >= 15 is 0 Å². The monoisotopic (exact) mass is 267 g/mol. The third-order valence-electron chi connectivity index (χ3n) is 3.46. The number of carbonyl (C=O) groups excluding carboxylic acids is 1. The molecule has 0 aliphatic rings. The lowest BCUT2D eigenvalue weighted by Gasteiger charge is -2.30. The third-order valence-corrected chi connectivity index (χ3v) is 3.46. The van der Waals surface area contributed by atoms with Gasteiger partial charge in [-0.25, -0.2) is 4.98 Å². The molecule has 1 heterocycles. The number of aromatic nitrogens is 2. The van der Waals surface area contributed by atoms with Crippen molar-refractivity contribution < 1.29 is 9.90 Å². The summed E-state index contributed by atoms with van der Waals surface area (Å²) in [5, 5.41) is 9.87. The quantitative estimate of drug-likeness (QED) is 0.709. The van der Waals surface area contributed by atoms with E-state index in [1.165, 1.54) is 25.4 Å². The molecule has 0 saturated heterocycles. The number of hydrogen-bond acceptors (Lipinski definition) is 3. The average molecular weight is 267 g/mol. The fourth-order valence-corrected chi connectivity index (χ4v) is 2.25. The number of aliphatic hydroxyl groups is 1. The number of likely N-dealkylation sites (N-methyl/N-ethyl adjacent to an activating group) is 1. The molecule has 1 aromatic heterocycles. The summed E-state index contributed by atoms with van der Waals surface area (Å²) in [5.74, 6) is -0.126.